The van der Waals surface area contributed by atoms with Gasteiger partial charge >= 0.3 is 5.97 Å². The average Bonchev–Trinajstić information content (AvgIpc) is 3.07. The van der Waals surface area contributed by atoms with Crippen molar-refractivity contribution < 1.29 is 19.1 Å². The molecule has 32 heavy (non-hydrogen) atoms. The second kappa shape index (κ2) is 8.70. The van der Waals surface area contributed by atoms with Gasteiger partial charge in [0.1, 0.15) is 5.84 Å². The van der Waals surface area contributed by atoms with Gasteiger partial charge < -0.3 is 15.5 Å². The second-order valence-electron chi connectivity index (χ2n) is 7.70. The molecular weight excluding hydrogens is 410 g/mol. The third-order valence-corrected chi connectivity index (χ3v) is 5.89. The first-order chi connectivity index (χ1) is 15.4. The standard InChI is InChI=1S/C23H23N5O4/c1-26-17-6-2-5-15-19(17)22(30)28(21(15)25)18-8-7-16(24)14(20(18)29)9-11-32-23(31)13-4-3-10-27-12-13/h2-6,10,12,14,18,24-26H,7-9,11H2,1H3. The van der Waals surface area contributed by atoms with Crippen molar-refractivity contribution in [1.82, 2.24) is 9.88 Å². The highest BCUT2D eigenvalue weighted by molar-refractivity contribution is 6.26. The minimum Gasteiger partial charge on any atom is -0.462 e. The number of Topliss-reactive ketones (excluding diaryl/α,β-unsaturated/α-hetero) is 1. The summed E-state index contributed by atoms with van der Waals surface area (Å²) in [6.45, 7) is -0.0330. The predicted molar refractivity (Wildman–Crippen MR) is 117 cm³/mol. The van der Waals surface area contributed by atoms with E-state index in [0.29, 0.717) is 35.2 Å². The maximum absolute atomic E-state index is 13.3. The van der Waals surface area contributed by atoms with E-state index in [1.54, 1.807) is 43.6 Å². The quantitative estimate of drug-likeness (QED) is 0.599. The summed E-state index contributed by atoms with van der Waals surface area (Å²) in [4.78, 5) is 43.6. The zero-order valence-electron chi connectivity index (χ0n) is 17.6. The Kier molecular flexibility index (Phi) is 5.81. The van der Waals surface area contributed by atoms with Gasteiger partial charge in [-0.2, -0.15) is 0 Å². The molecule has 1 aliphatic carbocycles. The summed E-state index contributed by atoms with van der Waals surface area (Å²) in [7, 11) is 1.70. The number of anilines is 1. The van der Waals surface area contributed by atoms with Gasteiger partial charge in [0.2, 0.25) is 0 Å². The number of hydrogen-bond donors (Lipinski definition) is 3. The lowest BCUT2D eigenvalue weighted by atomic mass is 9.80. The summed E-state index contributed by atoms with van der Waals surface area (Å²) in [6, 6.07) is 7.60. The van der Waals surface area contributed by atoms with Gasteiger partial charge in [0.25, 0.3) is 5.91 Å². The fourth-order valence-corrected chi connectivity index (χ4v) is 4.26. The van der Waals surface area contributed by atoms with Gasteiger partial charge in [-0.1, -0.05) is 12.1 Å². The number of fused-ring (bicyclic) bond motifs is 1. The highest BCUT2D eigenvalue weighted by Crippen LogP contribution is 2.34. The molecule has 1 aromatic carbocycles. The lowest BCUT2D eigenvalue weighted by molar-refractivity contribution is -0.125. The zero-order chi connectivity index (χ0) is 22.8. The number of nitrogens with zero attached hydrogens (tertiary/aromatic N) is 2. The lowest BCUT2D eigenvalue weighted by Crippen LogP contribution is -2.51. The molecule has 2 atom stereocenters. The third-order valence-electron chi connectivity index (χ3n) is 5.89. The molecule has 1 fully saturated rings. The van der Waals surface area contributed by atoms with Crippen molar-refractivity contribution in [2.75, 3.05) is 19.0 Å². The van der Waals surface area contributed by atoms with E-state index in [-0.39, 0.29) is 36.3 Å². The first-order valence-electron chi connectivity index (χ1n) is 10.4. The number of aromatic nitrogens is 1. The molecule has 164 valence electrons. The lowest BCUT2D eigenvalue weighted by Gasteiger charge is -2.34. The Bertz CT molecular complexity index is 1110. The Morgan fingerprint density at radius 2 is 2.06 bits per heavy atom. The predicted octanol–water partition coefficient (Wildman–Crippen LogP) is 2.52. The molecule has 3 N–H and O–H groups in total. The van der Waals surface area contributed by atoms with Crippen LogP contribution < -0.4 is 5.32 Å². The van der Waals surface area contributed by atoms with Crippen LogP contribution in [-0.2, 0) is 9.53 Å². The topological polar surface area (TPSA) is 136 Å². The highest BCUT2D eigenvalue weighted by Gasteiger charge is 2.45. The number of esters is 1. The summed E-state index contributed by atoms with van der Waals surface area (Å²) in [6.07, 6.45) is 3.73. The van der Waals surface area contributed by atoms with Crippen molar-refractivity contribution in [1.29, 1.82) is 10.8 Å². The molecule has 2 unspecified atom stereocenters. The fourth-order valence-electron chi connectivity index (χ4n) is 4.26. The molecule has 0 spiro atoms. The van der Waals surface area contributed by atoms with E-state index >= 15 is 0 Å². The van der Waals surface area contributed by atoms with Crippen LogP contribution >= 0.6 is 0 Å². The SMILES string of the molecule is CNc1cccc2c1C(=O)N(C1CCC(=N)C(CCOC(=O)c3cccnc3)C1=O)C2=N. The first kappa shape index (κ1) is 21.4. The van der Waals surface area contributed by atoms with Gasteiger partial charge in [0.15, 0.2) is 5.78 Å². The van der Waals surface area contributed by atoms with E-state index in [0.717, 1.165) is 0 Å². The van der Waals surface area contributed by atoms with E-state index in [1.165, 1.54) is 11.1 Å². The van der Waals surface area contributed by atoms with Crippen LogP contribution in [0.3, 0.4) is 0 Å². The number of rotatable bonds is 6. The van der Waals surface area contributed by atoms with Crippen LogP contribution in [0.1, 0.15) is 45.5 Å². The summed E-state index contributed by atoms with van der Waals surface area (Å²) in [5.41, 5.74) is 2.04. The molecule has 9 heteroatoms. The molecule has 2 aromatic rings. The van der Waals surface area contributed by atoms with Crippen LogP contribution in [0, 0.1) is 16.7 Å². The van der Waals surface area contributed by atoms with E-state index < -0.39 is 17.9 Å². The van der Waals surface area contributed by atoms with Gasteiger partial charge in [-0.25, -0.2) is 4.79 Å². The number of carbonyl (C=O) groups is 3. The summed E-state index contributed by atoms with van der Waals surface area (Å²) >= 11 is 0. The Morgan fingerprint density at radius 1 is 1.25 bits per heavy atom. The maximum atomic E-state index is 13.3. The van der Waals surface area contributed by atoms with E-state index in [9.17, 15) is 14.4 Å². The highest BCUT2D eigenvalue weighted by atomic mass is 16.5. The minimum atomic E-state index is -0.819. The van der Waals surface area contributed by atoms with E-state index in [1.807, 2.05) is 0 Å². The zero-order valence-corrected chi connectivity index (χ0v) is 17.6. The molecule has 1 amide bonds. The Morgan fingerprint density at radius 3 is 2.78 bits per heavy atom. The van der Waals surface area contributed by atoms with Crippen molar-refractivity contribution >= 4 is 34.9 Å². The van der Waals surface area contributed by atoms with Gasteiger partial charge in [-0.3, -0.25) is 24.9 Å². The Balaban J connectivity index is 1.47. The monoisotopic (exact) mass is 433 g/mol. The number of amides is 1. The van der Waals surface area contributed by atoms with Crippen LogP contribution in [-0.4, -0.2) is 58.8 Å². The number of ketones is 1. The smallest absolute Gasteiger partial charge is 0.339 e. The molecule has 2 aliphatic rings. The molecule has 1 aliphatic heterocycles. The van der Waals surface area contributed by atoms with Crippen LogP contribution in [0.5, 0.6) is 0 Å². The van der Waals surface area contributed by atoms with Crippen molar-refractivity contribution in [3.8, 4) is 0 Å². The number of ether oxygens (including phenoxy) is 1. The largest absolute Gasteiger partial charge is 0.462 e. The third kappa shape index (κ3) is 3.66. The molecule has 0 radical (unpaired) electrons. The maximum Gasteiger partial charge on any atom is 0.339 e. The molecule has 0 saturated heterocycles. The molecule has 1 saturated carbocycles. The summed E-state index contributed by atoms with van der Waals surface area (Å²) in [5, 5.41) is 19.7. The second-order valence-corrected chi connectivity index (χ2v) is 7.70. The van der Waals surface area contributed by atoms with Crippen LogP contribution in [0.2, 0.25) is 0 Å². The summed E-state index contributed by atoms with van der Waals surface area (Å²) in [5.74, 6) is -1.99. The summed E-state index contributed by atoms with van der Waals surface area (Å²) < 4.78 is 5.25. The molecule has 1 aromatic heterocycles. The van der Waals surface area contributed by atoms with Crippen molar-refractivity contribution in [3.05, 3.63) is 59.4 Å². The van der Waals surface area contributed by atoms with Crippen molar-refractivity contribution in [2.24, 2.45) is 5.92 Å². The first-order valence-corrected chi connectivity index (χ1v) is 10.4. The van der Waals surface area contributed by atoms with Crippen LogP contribution in [0.4, 0.5) is 5.69 Å². The van der Waals surface area contributed by atoms with Gasteiger partial charge in [-0.05, 0) is 37.5 Å². The number of pyridine rings is 1. The van der Waals surface area contributed by atoms with Crippen LogP contribution in [0.15, 0.2) is 42.7 Å². The molecule has 2 heterocycles. The van der Waals surface area contributed by atoms with Gasteiger partial charge in [-0.15, -0.1) is 0 Å². The molecule has 0 bridgehead atoms. The van der Waals surface area contributed by atoms with E-state index in [2.05, 4.69) is 10.3 Å². The van der Waals surface area contributed by atoms with Crippen molar-refractivity contribution in [2.45, 2.75) is 25.3 Å². The molecule has 4 rings (SSSR count). The molecular formula is C23H23N5O4. The normalized spacial score (nSPS) is 20.3. The Labute approximate surface area is 184 Å². The van der Waals surface area contributed by atoms with Gasteiger partial charge in [0, 0.05) is 36.4 Å². The number of amidine groups is 1. The average molecular weight is 433 g/mol. The van der Waals surface area contributed by atoms with Crippen molar-refractivity contribution in [3.63, 3.8) is 0 Å². The van der Waals surface area contributed by atoms with Crippen LogP contribution in [0.25, 0.3) is 0 Å². The van der Waals surface area contributed by atoms with Gasteiger partial charge in [0.05, 0.1) is 29.7 Å². The number of hydrogen-bond acceptors (Lipinski definition) is 8. The fraction of sp³-hybridized carbons (Fsp3) is 0.304. The molecule has 9 nitrogen and oxygen atoms in total. The number of benzene rings is 1. The Hall–Kier alpha value is -3.88. The minimum absolute atomic E-state index is 0.00404. The van der Waals surface area contributed by atoms with E-state index in [4.69, 9.17) is 15.6 Å². The number of carbonyl (C=O) groups excluding carboxylic acids is 3. The number of nitrogens with one attached hydrogen (secondary N) is 3.